The molecule has 0 aliphatic heterocycles. The molecular weight excluding hydrogens is 376 g/mol. The van der Waals surface area contributed by atoms with Crippen molar-refractivity contribution in [2.24, 2.45) is 0 Å². The van der Waals surface area contributed by atoms with Gasteiger partial charge in [0.15, 0.2) is 5.60 Å². The molecule has 0 fully saturated rings. The second-order valence-corrected chi connectivity index (χ2v) is 7.66. The Hall–Kier alpha value is -2.61. The topological polar surface area (TPSA) is 69.1 Å². The summed E-state index contributed by atoms with van der Waals surface area (Å²) in [5, 5.41) is 21.3. The quantitative estimate of drug-likeness (QED) is 0.552. The van der Waals surface area contributed by atoms with Crippen LogP contribution in [0.25, 0.3) is 11.0 Å². The van der Waals surface area contributed by atoms with Gasteiger partial charge in [-0.25, -0.2) is 9.37 Å². The minimum absolute atomic E-state index is 0.00603. The number of hydrogen-bond acceptors (Lipinski definition) is 3. The summed E-state index contributed by atoms with van der Waals surface area (Å²) in [4.78, 5) is 6.83. The highest BCUT2D eigenvalue weighted by atomic mass is 19.4. The lowest BCUT2D eigenvalue weighted by atomic mass is 9.73. The summed E-state index contributed by atoms with van der Waals surface area (Å²) in [6, 6.07) is 7.95. The SMILES string of the molecule is CC(C)(CC(O)(Cc1cc2cccnc2[nH]1)C(F)(F)F)c1cc(F)ccc1O. The lowest BCUT2D eigenvalue weighted by Gasteiger charge is -2.38. The first-order valence-electron chi connectivity index (χ1n) is 8.62. The average Bonchev–Trinajstić information content (AvgIpc) is 2.97. The third-order valence-electron chi connectivity index (χ3n) is 4.88. The molecule has 28 heavy (non-hydrogen) atoms. The van der Waals surface area contributed by atoms with Crippen LogP contribution < -0.4 is 0 Å². The number of aliphatic hydroxyl groups is 1. The molecule has 0 amide bonds. The highest BCUT2D eigenvalue weighted by Gasteiger charge is 2.56. The fraction of sp³-hybridized carbons (Fsp3) is 0.350. The normalized spacial score (nSPS) is 15.0. The molecule has 4 nitrogen and oxygen atoms in total. The Labute approximate surface area is 158 Å². The molecule has 0 saturated carbocycles. The monoisotopic (exact) mass is 396 g/mol. The molecule has 1 atom stereocenters. The van der Waals surface area contributed by atoms with Gasteiger partial charge in [-0.15, -0.1) is 0 Å². The van der Waals surface area contributed by atoms with Gasteiger partial charge < -0.3 is 15.2 Å². The average molecular weight is 396 g/mol. The summed E-state index contributed by atoms with van der Waals surface area (Å²) in [5.74, 6) is -1.01. The zero-order valence-electron chi connectivity index (χ0n) is 15.3. The number of alkyl halides is 3. The molecule has 1 unspecified atom stereocenters. The second-order valence-electron chi connectivity index (χ2n) is 7.66. The minimum Gasteiger partial charge on any atom is -0.508 e. The van der Waals surface area contributed by atoms with Crippen LogP contribution in [-0.4, -0.2) is 32.0 Å². The van der Waals surface area contributed by atoms with Crippen molar-refractivity contribution in [3.63, 3.8) is 0 Å². The van der Waals surface area contributed by atoms with Crippen LogP contribution >= 0.6 is 0 Å². The fourth-order valence-electron chi connectivity index (χ4n) is 3.56. The van der Waals surface area contributed by atoms with Crippen LogP contribution in [0, 0.1) is 5.82 Å². The Morgan fingerprint density at radius 2 is 1.82 bits per heavy atom. The van der Waals surface area contributed by atoms with Crippen molar-refractivity contribution in [1.82, 2.24) is 9.97 Å². The van der Waals surface area contributed by atoms with E-state index in [0.717, 1.165) is 18.2 Å². The van der Waals surface area contributed by atoms with Crippen molar-refractivity contribution in [2.75, 3.05) is 0 Å². The Morgan fingerprint density at radius 1 is 1.11 bits per heavy atom. The van der Waals surface area contributed by atoms with Gasteiger partial charge in [0.05, 0.1) is 0 Å². The molecule has 2 aromatic heterocycles. The van der Waals surface area contributed by atoms with E-state index in [0.29, 0.717) is 11.0 Å². The lowest BCUT2D eigenvalue weighted by molar-refractivity contribution is -0.266. The number of fused-ring (bicyclic) bond motifs is 1. The lowest BCUT2D eigenvalue weighted by Crippen LogP contribution is -2.50. The molecule has 3 rings (SSSR count). The summed E-state index contributed by atoms with van der Waals surface area (Å²) in [6.45, 7) is 2.84. The summed E-state index contributed by atoms with van der Waals surface area (Å²) >= 11 is 0. The van der Waals surface area contributed by atoms with Gasteiger partial charge in [0.25, 0.3) is 0 Å². The minimum atomic E-state index is -4.95. The van der Waals surface area contributed by atoms with Crippen LogP contribution in [0.1, 0.15) is 31.5 Å². The first kappa shape index (κ1) is 20.1. The number of rotatable bonds is 5. The van der Waals surface area contributed by atoms with Crippen molar-refractivity contribution in [3.05, 3.63) is 59.7 Å². The maximum Gasteiger partial charge on any atom is 0.417 e. The molecule has 8 heteroatoms. The number of aromatic amines is 1. The third kappa shape index (κ3) is 3.82. The number of aromatic hydroxyl groups is 1. The molecule has 150 valence electrons. The van der Waals surface area contributed by atoms with Crippen molar-refractivity contribution < 1.29 is 27.8 Å². The van der Waals surface area contributed by atoms with E-state index in [1.54, 1.807) is 12.1 Å². The van der Waals surface area contributed by atoms with Gasteiger partial charge >= 0.3 is 6.18 Å². The van der Waals surface area contributed by atoms with Crippen molar-refractivity contribution in [2.45, 2.75) is 43.9 Å². The third-order valence-corrected chi connectivity index (χ3v) is 4.88. The van der Waals surface area contributed by atoms with E-state index in [2.05, 4.69) is 9.97 Å². The van der Waals surface area contributed by atoms with E-state index in [1.165, 1.54) is 26.1 Å². The summed E-state index contributed by atoms with van der Waals surface area (Å²) in [5.41, 5.74) is -3.87. The van der Waals surface area contributed by atoms with E-state index in [9.17, 15) is 27.8 Å². The maximum absolute atomic E-state index is 13.9. The van der Waals surface area contributed by atoms with Crippen LogP contribution in [0.2, 0.25) is 0 Å². The number of nitrogens with zero attached hydrogens (tertiary/aromatic N) is 1. The van der Waals surface area contributed by atoms with Crippen LogP contribution in [0.4, 0.5) is 17.6 Å². The highest BCUT2D eigenvalue weighted by Crippen LogP contribution is 2.45. The maximum atomic E-state index is 13.9. The van der Waals surface area contributed by atoms with Gasteiger partial charge in [-0.2, -0.15) is 13.2 Å². The van der Waals surface area contributed by atoms with E-state index >= 15 is 0 Å². The fourth-order valence-corrected chi connectivity index (χ4v) is 3.56. The summed E-state index contributed by atoms with van der Waals surface area (Å²) in [7, 11) is 0. The second kappa shape index (κ2) is 6.77. The van der Waals surface area contributed by atoms with Gasteiger partial charge in [0.2, 0.25) is 0 Å². The largest absolute Gasteiger partial charge is 0.508 e. The molecule has 0 saturated heterocycles. The Balaban J connectivity index is 1.98. The molecule has 2 heterocycles. The summed E-state index contributed by atoms with van der Waals surface area (Å²) < 4.78 is 55.2. The Bertz CT molecular complexity index is 964. The van der Waals surface area contributed by atoms with Crippen molar-refractivity contribution >= 4 is 11.0 Å². The van der Waals surface area contributed by atoms with Gasteiger partial charge in [0, 0.05) is 29.3 Å². The van der Waals surface area contributed by atoms with E-state index in [1.807, 2.05) is 0 Å². The zero-order valence-corrected chi connectivity index (χ0v) is 15.3. The molecule has 3 N–H and O–H groups in total. The molecule has 0 aliphatic rings. The molecule has 0 spiro atoms. The van der Waals surface area contributed by atoms with Crippen molar-refractivity contribution in [1.29, 1.82) is 0 Å². The van der Waals surface area contributed by atoms with Gasteiger partial charge in [0.1, 0.15) is 17.2 Å². The number of halogens is 4. The smallest absolute Gasteiger partial charge is 0.417 e. The predicted octanol–water partition coefficient (Wildman–Crippen LogP) is 4.61. The number of benzene rings is 1. The number of phenols is 1. The van der Waals surface area contributed by atoms with Crippen LogP contribution in [-0.2, 0) is 11.8 Å². The number of H-pyrrole nitrogens is 1. The van der Waals surface area contributed by atoms with E-state index < -0.39 is 35.9 Å². The number of phenolic OH excluding ortho intramolecular Hbond substituents is 1. The number of nitrogens with one attached hydrogen (secondary N) is 1. The van der Waals surface area contributed by atoms with Gasteiger partial charge in [-0.3, -0.25) is 0 Å². The molecular formula is C20H20F4N2O2. The highest BCUT2D eigenvalue weighted by molar-refractivity contribution is 5.76. The Kier molecular flexibility index (Phi) is 4.87. The summed E-state index contributed by atoms with van der Waals surface area (Å²) in [6.07, 6.45) is -4.94. The number of hydrogen-bond donors (Lipinski definition) is 3. The van der Waals surface area contributed by atoms with E-state index in [4.69, 9.17) is 0 Å². The standard InChI is InChI=1S/C20H20F4N2O2/c1-18(2,15-9-13(21)5-6-16(15)27)11-19(28,20(22,23)24)10-14-8-12-4-3-7-25-17(12)26-14/h3-9,27-28H,10-11H2,1-2H3,(H,25,26). The number of aromatic nitrogens is 2. The van der Waals surface area contributed by atoms with Crippen LogP contribution in [0.3, 0.4) is 0 Å². The first-order chi connectivity index (χ1) is 12.9. The number of pyridine rings is 1. The first-order valence-corrected chi connectivity index (χ1v) is 8.62. The predicted molar refractivity (Wildman–Crippen MR) is 96.5 cm³/mol. The molecule has 0 aliphatic carbocycles. The van der Waals surface area contributed by atoms with Crippen LogP contribution in [0.15, 0.2) is 42.6 Å². The Morgan fingerprint density at radius 3 is 2.46 bits per heavy atom. The zero-order chi connectivity index (χ0) is 20.7. The molecule has 1 aromatic carbocycles. The molecule has 3 aromatic rings. The van der Waals surface area contributed by atoms with Gasteiger partial charge in [-0.1, -0.05) is 13.8 Å². The van der Waals surface area contributed by atoms with Crippen LogP contribution in [0.5, 0.6) is 5.75 Å². The van der Waals surface area contributed by atoms with E-state index in [-0.39, 0.29) is 17.0 Å². The molecule has 0 bridgehead atoms. The van der Waals surface area contributed by atoms with Gasteiger partial charge in [-0.05, 0) is 48.2 Å². The van der Waals surface area contributed by atoms with Crippen molar-refractivity contribution in [3.8, 4) is 5.75 Å². The molecule has 0 radical (unpaired) electrons.